The van der Waals surface area contributed by atoms with E-state index >= 15 is 0 Å². The number of aliphatic hydroxyl groups excluding tert-OH is 2. The van der Waals surface area contributed by atoms with Gasteiger partial charge in [0, 0.05) is 12.8 Å². The highest BCUT2D eigenvalue weighted by Gasteiger charge is 2.20. The van der Waals surface area contributed by atoms with Gasteiger partial charge >= 0.3 is 5.97 Å². The zero-order chi connectivity index (χ0) is 46.5. The molecule has 0 spiro atoms. The lowest BCUT2D eigenvalue weighted by atomic mass is 10.0. The third-order valence-electron chi connectivity index (χ3n) is 13.9. The zero-order valence-electron chi connectivity index (χ0n) is 43.5. The summed E-state index contributed by atoms with van der Waals surface area (Å²) >= 11 is 0. The summed E-state index contributed by atoms with van der Waals surface area (Å²) in [5, 5.41) is 23.2. The van der Waals surface area contributed by atoms with E-state index in [0.29, 0.717) is 25.9 Å². The molecule has 0 aromatic heterocycles. The van der Waals surface area contributed by atoms with Crippen molar-refractivity contribution in [1.82, 2.24) is 5.32 Å². The molecule has 0 aromatic rings. The van der Waals surface area contributed by atoms with Crippen LogP contribution in [0.2, 0.25) is 0 Å². The maximum atomic E-state index is 12.5. The van der Waals surface area contributed by atoms with Gasteiger partial charge in [0.05, 0.1) is 25.4 Å². The number of aliphatic hydroxyl groups is 2. The number of ether oxygens (including phenoxy) is 1. The molecule has 0 aliphatic carbocycles. The fraction of sp³-hybridized carbons (Fsp3) is 0.966. The SMILES string of the molecule is CCCCCCCCCCCCCCCCCC(=O)OCCCCCCCCCCCCCCCCCCCCCC(=O)NC(CO)C(O)CCCCCCCCCCCCCCC. The van der Waals surface area contributed by atoms with Crippen molar-refractivity contribution in [3.63, 3.8) is 0 Å². The number of carbonyl (C=O) groups excluding carboxylic acids is 2. The Morgan fingerprint density at radius 2 is 0.641 bits per heavy atom. The minimum atomic E-state index is -0.664. The molecule has 0 aromatic carbocycles. The summed E-state index contributed by atoms with van der Waals surface area (Å²) < 4.78 is 5.49. The smallest absolute Gasteiger partial charge is 0.305 e. The van der Waals surface area contributed by atoms with Crippen LogP contribution in [-0.4, -0.2) is 47.4 Å². The zero-order valence-corrected chi connectivity index (χ0v) is 43.5. The highest BCUT2D eigenvalue weighted by Crippen LogP contribution is 2.18. The summed E-state index contributed by atoms with van der Waals surface area (Å²) in [6, 6.07) is -0.541. The lowest BCUT2D eigenvalue weighted by Crippen LogP contribution is -2.45. The van der Waals surface area contributed by atoms with Gasteiger partial charge in [0.25, 0.3) is 0 Å². The van der Waals surface area contributed by atoms with E-state index in [1.807, 2.05) is 0 Å². The molecule has 6 nitrogen and oxygen atoms in total. The Kier molecular flexibility index (Phi) is 53.5. The average Bonchev–Trinajstić information content (AvgIpc) is 3.29. The Labute approximate surface area is 400 Å². The van der Waals surface area contributed by atoms with Crippen molar-refractivity contribution in [1.29, 1.82) is 0 Å². The van der Waals surface area contributed by atoms with Crippen molar-refractivity contribution >= 4 is 11.9 Å². The molecule has 2 atom stereocenters. The van der Waals surface area contributed by atoms with Crippen LogP contribution in [0.3, 0.4) is 0 Å². The predicted molar refractivity (Wildman–Crippen MR) is 278 cm³/mol. The number of hydrogen-bond acceptors (Lipinski definition) is 5. The van der Waals surface area contributed by atoms with E-state index in [-0.39, 0.29) is 18.5 Å². The Morgan fingerprint density at radius 1 is 0.375 bits per heavy atom. The molecule has 0 radical (unpaired) electrons. The standard InChI is InChI=1S/C58H115NO5/c1-3-5-7-9-11-13-15-17-23-28-32-36-40-44-48-52-58(63)64-53-49-45-41-37-33-29-25-22-20-18-19-21-24-27-31-35-39-43-47-51-57(62)59-55(54-60)56(61)50-46-42-38-34-30-26-16-14-12-10-8-6-4-2/h55-56,60-61H,3-54H2,1-2H3,(H,59,62). The van der Waals surface area contributed by atoms with E-state index in [2.05, 4.69) is 19.2 Å². The summed E-state index contributed by atoms with van der Waals surface area (Å²) in [5.41, 5.74) is 0. The van der Waals surface area contributed by atoms with Gasteiger partial charge in [-0.2, -0.15) is 0 Å². The van der Waals surface area contributed by atoms with Gasteiger partial charge in [0.2, 0.25) is 5.91 Å². The van der Waals surface area contributed by atoms with Crippen LogP contribution in [0, 0.1) is 0 Å². The molecule has 2 unspecified atom stereocenters. The van der Waals surface area contributed by atoms with Crippen molar-refractivity contribution in [3.8, 4) is 0 Å². The summed E-state index contributed by atoms with van der Waals surface area (Å²) in [6.45, 7) is 4.97. The number of amides is 1. The van der Waals surface area contributed by atoms with Crippen molar-refractivity contribution < 1.29 is 24.5 Å². The topological polar surface area (TPSA) is 95.9 Å². The number of rotatable bonds is 55. The van der Waals surface area contributed by atoms with Gasteiger partial charge in [0.1, 0.15) is 0 Å². The third-order valence-corrected chi connectivity index (χ3v) is 13.9. The first-order chi connectivity index (χ1) is 31.5. The van der Waals surface area contributed by atoms with Crippen molar-refractivity contribution in [2.75, 3.05) is 13.2 Å². The molecule has 0 bridgehead atoms. The van der Waals surface area contributed by atoms with Gasteiger partial charge in [-0.3, -0.25) is 9.59 Å². The lowest BCUT2D eigenvalue weighted by molar-refractivity contribution is -0.143. The van der Waals surface area contributed by atoms with Crippen LogP contribution in [0.15, 0.2) is 0 Å². The first-order valence-corrected chi connectivity index (χ1v) is 29.3. The Morgan fingerprint density at radius 3 is 0.953 bits per heavy atom. The average molecular weight is 907 g/mol. The molecule has 0 aliphatic heterocycles. The fourth-order valence-electron chi connectivity index (χ4n) is 9.41. The molecule has 3 N–H and O–H groups in total. The molecular formula is C58H115NO5. The van der Waals surface area contributed by atoms with Gasteiger partial charge in [-0.25, -0.2) is 0 Å². The van der Waals surface area contributed by atoms with Crippen LogP contribution in [0.25, 0.3) is 0 Å². The molecule has 6 heteroatoms. The second-order valence-corrected chi connectivity index (χ2v) is 20.3. The number of nitrogens with one attached hydrogen (secondary N) is 1. The summed E-state index contributed by atoms with van der Waals surface area (Å²) in [4.78, 5) is 24.5. The maximum absolute atomic E-state index is 12.5. The van der Waals surface area contributed by atoms with Crippen molar-refractivity contribution in [3.05, 3.63) is 0 Å². The van der Waals surface area contributed by atoms with Crippen LogP contribution in [0.5, 0.6) is 0 Å². The molecule has 1 amide bonds. The number of unbranched alkanes of at least 4 members (excludes halogenated alkanes) is 44. The van der Waals surface area contributed by atoms with Crippen molar-refractivity contribution in [2.45, 2.75) is 347 Å². The molecule has 0 fully saturated rings. The minimum absolute atomic E-state index is 0.0128. The summed E-state index contributed by atoms with van der Waals surface area (Å²) in [6.07, 6.45) is 62.4. The van der Waals surface area contributed by atoms with Crippen LogP contribution in [0.1, 0.15) is 335 Å². The highest BCUT2D eigenvalue weighted by atomic mass is 16.5. The number of hydrogen-bond donors (Lipinski definition) is 3. The Hall–Kier alpha value is -1.14. The maximum Gasteiger partial charge on any atom is 0.305 e. The normalized spacial score (nSPS) is 12.5. The molecule has 64 heavy (non-hydrogen) atoms. The predicted octanol–water partition coefficient (Wildman–Crippen LogP) is 17.9. The monoisotopic (exact) mass is 906 g/mol. The molecule has 382 valence electrons. The van der Waals surface area contributed by atoms with E-state index in [0.717, 1.165) is 38.5 Å². The van der Waals surface area contributed by atoms with E-state index in [4.69, 9.17) is 4.74 Å². The molecule has 0 aliphatic rings. The van der Waals surface area contributed by atoms with E-state index in [1.54, 1.807) is 0 Å². The van der Waals surface area contributed by atoms with Gasteiger partial charge < -0.3 is 20.3 Å². The number of esters is 1. The molecule has 0 rings (SSSR count). The fourth-order valence-corrected chi connectivity index (χ4v) is 9.41. The van der Waals surface area contributed by atoms with Crippen LogP contribution >= 0.6 is 0 Å². The molecule has 0 heterocycles. The van der Waals surface area contributed by atoms with E-state index in [1.165, 1.54) is 263 Å². The second-order valence-electron chi connectivity index (χ2n) is 20.3. The first kappa shape index (κ1) is 62.9. The third kappa shape index (κ3) is 50.3. The quantitative estimate of drug-likeness (QED) is 0.0417. The lowest BCUT2D eigenvalue weighted by Gasteiger charge is -2.22. The van der Waals surface area contributed by atoms with Crippen LogP contribution in [-0.2, 0) is 14.3 Å². The molecule has 0 saturated heterocycles. The van der Waals surface area contributed by atoms with Gasteiger partial charge in [-0.05, 0) is 25.7 Å². The van der Waals surface area contributed by atoms with Gasteiger partial charge in [-0.15, -0.1) is 0 Å². The van der Waals surface area contributed by atoms with Crippen LogP contribution in [0.4, 0.5) is 0 Å². The Bertz CT molecular complexity index is 913. The molecule has 0 saturated carbocycles. The van der Waals surface area contributed by atoms with Gasteiger partial charge in [-0.1, -0.05) is 296 Å². The Balaban J connectivity index is 3.37. The van der Waals surface area contributed by atoms with E-state index in [9.17, 15) is 19.8 Å². The van der Waals surface area contributed by atoms with Crippen molar-refractivity contribution in [2.24, 2.45) is 0 Å². The molecular weight excluding hydrogens is 791 g/mol. The van der Waals surface area contributed by atoms with Gasteiger partial charge in [0.15, 0.2) is 0 Å². The van der Waals surface area contributed by atoms with E-state index < -0.39 is 12.1 Å². The second kappa shape index (κ2) is 54.5. The van der Waals surface area contributed by atoms with Crippen LogP contribution < -0.4 is 5.32 Å². The summed E-state index contributed by atoms with van der Waals surface area (Å²) in [5.74, 6) is -0.0231. The minimum Gasteiger partial charge on any atom is -0.466 e. The largest absolute Gasteiger partial charge is 0.466 e. The highest BCUT2D eigenvalue weighted by molar-refractivity contribution is 5.76. The number of carbonyl (C=O) groups is 2. The summed E-state index contributed by atoms with van der Waals surface area (Å²) in [7, 11) is 0. The first-order valence-electron chi connectivity index (χ1n) is 29.3.